The van der Waals surface area contributed by atoms with Crippen LogP contribution in [0.1, 0.15) is 36.8 Å². The predicted octanol–water partition coefficient (Wildman–Crippen LogP) is 2.62. The molecule has 1 aromatic carbocycles. The summed E-state index contributed by atoms with van der Waals surface area (Å²) in [5, 5.41) is 3.57. The molecular weight excluding hydrogens is 226 g/mol. The standard InChI is InChI=1S/C15H21NO2/c1-17-11-7-13-12(14(8-11)18-2)9-16-10-15(13)5-3-4-6-15/h7-8,16H,3-6,9-10H2,1-2H3. The lowest BCUT2D eigenvalue weighted by Crippen LogP contribution is -2.41. The summed E-state index contributed by atoms with van der Waals surface area (Å²) in [6.07, 6.45) is 5.23. The van der Waals surface area contributed by atoms with E-state index in [0.717, 1.165) is 24.6 Å². The van der Waals surface area contributed by atoms with Crippen molar-refractivity contribution in [2.45, 2.75) is 37.6 Å². The molecule has 3 rings (SSSR count). The molecule has 1 aliphatic carbocycles. The first-order chi connectivity index (χ1) is 8.79. The van der Waals surface area contributed by atoms with Crippen LogP contribution in [0.4, 0.5) is 0 Å². The third-order valence-corrected chi connectivity index (χ3v) is 4.54. The van der Waals surface area contributed by atoms with Crippen molar-refractivity contribution in [3.8, 4) is 11.5 Å². The molecule has 18 heavy (non-hydrogen) atoms. The highest BCUT2D eigenvalue weighted by molar-refractivity contribution is 5.51. The van der Waals surface area contributed by atoms with Gasteiger partial charge in [0.1, 0.15) is 11.5 Å². The number of rotatable bonds is 2. The quantitative estimate of drug-likeness (QED) is 0.871. The Kier molecular flexibility index (Phi) is 2.94. The van der Waals surface area contributed by atoms with Gasteiger partial charge in [-0.2, -0.15) is 0 Å². The third kappa shape index (κ3) is 1.69. The van der Waals surface area contributed by atoms with E-state index in [0.29, 0.717) is 5.41 Å². The van der Waals surface area contributed by atoms with Crippen LogP contribution in [0.25, 0.3) is 0 Å². The fourth-order valence-corrected chi connectivity index (χ4v) is 3.60. The highest BCUT2D eigenvalue weighted by Crippen LogP contribution is 2.47. The van der Waals surface area contributed by atoms with Crippen LogP contribution in [0.3, 0.4) is 0 Å². The lowest BCUT2D eigenvalue weighted by Gasteiger charge is -2.37. The third-order valence-electron chi connectivity index (χ3n) is 4.54. The molecule has 1 aromatic rings. The van der Waals surface area contributed by atoms with E-state index in [1.54, 1.807) is 14.2 Å². The molecule has 3 heteroatoms. The summed E-state index contributed by atoms with van der Waals surface area (Å²) in [7, 11) is 3.47. The van der Waals surface area contributed by atoms with Crippen LogP contribution in [0.15, 0.2) is 12.1 Å². The van der Waals surface area contributed by atoms with Gasteiger partial charge < -0.3 is 14.8 Å². The molecule has 1 N–H and O–H groups in total. The largest absolute Gasteiger partial charge is 0.497 e. The zero-order chi connectivity index (χ0) is 12.6. The molecular formula is C15H21NO2. The van der Waals surface area contributed by atoms with Crippen LogP contribution in [-0.4, -0.2) is 20.8 Å². The highest BCUT2D eigenvalue weighted by atomic mass is 16.5. The summed E-state index contributed by atoms with van der Waals surface area (Å²) in [6.45, 7) is 2.00. The maximum Gasteiger partial charge on any atom is 0.127 e. The number of ether oxygens (including phenoxy) is 2. The first kappa shape index (κ1) is 11.8. The number of methoxy groups -OCH3 is 2. The van der Waals surface area contributed by atoms with E-state index in [9.17, 15) is 0 Å². The van der Waals surface area contributed by atoms with Gasteiger partial charge in [0, 0.05) is 30.1 Å². The summed E-state index contributed by atoms with van der Waals surface area (Å²) in [4.78, 5) is 0. The lowest BCUT2D eigenvalue weighted by molar-refractivity contribution is 0.348. The van der Waals surface area contributed by atoms with Crippen molar-refractivity contribution in [2.24, 2.45) is 0 Å². The lowest BCUT2D eigenvalue weighted by atomic mass is 9.74. The summed E-state index contributed by atoms with van der Waals surface area (Å²) in [5.74, 6) is 1.88. The average molecular weight is 247 g/mol. The van der Waals surface area contributed by atoms with Gasteiger partial charge >= 0.3 is 0 Å². The molecule has 0 unspecified atom stereocenters. The molecule has 98 valence electrons. The molecule has 1 aliphatic heterocycles. The van der Waals surface area contributed by atoms with Crippen LogP contribution < -0.4 is 14.8 Å². The second kappa shape index (κ2) is 4.47. The Morgan fingerprint density at radius 3 is 2.56 bits per heavy atom. The molecule has 0 saturated heterocycles. The summed E-state index contributed by atoms with van der Waals surface area (Å²) < 4.78 is 11.0. The van der Waals surface area contributed by atoms with Crippen molar-refractivity contribution in [2.75, 3.05) is 20.8 Å². The highest BCUT2D eigenvalue weighted by Gasteiger charge is 2.40. The number of fused-ring (bicyclic) bond motifs is 2. The van der Waals surface area contributed by atoms with Gasteiger partial charge in [-0.1, -0.05) is 12.8 Å². The van der Waals surface area contributed by atoms with E-state index in [4.69, 9.17) is 9.47 Å². The maximum absolute atomic E-state index is 5.54. The van der Waals surface area contributed by atoms with E-state index in [1.165, 1.54) is 36.8 Å². The molecule has 0 aromatic heterocycles. The van der Waals surface area contributed by atoms with Crippen LogP contribution in [0.5, 0.6) is 11.5 Å². The zero-order valence-corrected chi connectivity index (χ0v) is 11.2. The monoisotopic (exact) mass is 247 g/mol. The fourth-order valence-electron chi connectivity index (χ4n) is 3.60. The Hall–Kier alpha value is -1.22. The maximum atomic E-state index is 5.54. The minimum Gasteiger partial charge on any atom is -0.497 e. The molecule has 0 atom stereocenters. The van der Waals surface area contributed by atoms with Gasteiger partial charge in [0.2, 0.25) is 0 Å². The van der Waals surface area contributed by atoms with E-state index in [1.807, 2.05) is 6.07 Å². The van der Waals surface area contributed by atoms with Crippen LogP contribution >= 0.6 is 0 Å². The van der Waals surface area contributed by atoms with Crippen molar-refractivity contribution in [1.82, 2.24) is 5.32 Å². The molecule has 3 nitrogen and oxygen atoms in total. The SMILES string of the molecule is COc1cc(OC)c2c(c1)C1(CCCC1)CNC2. The van der Waals surface area contributed by atoms with Crippen LogP contribution in [0, 0.1) is 0 Å². The molecule has 0 radical (unpaired) electrons. The second-order valence-electron chi connectivity index (χ2n) is 5.45. The van der Waals surface area contributed by atoms with Gasteiger partial charge in [-0.15, -0.1) is 0 Å². The molecule has 1 saturated carbocycles. The summed E-state index contributed by atoms with van der Waals surface area (Å²) in [6, 6.07) is 4.22. The van der Waals surface area contributed by atoms with E-state index >= 15 is 0 Å². The fraction of sp³-hybridized carbons (Fsp3) is 0.600. The summed E-state index contributed by atoms with van der Waals surface area (Å²) in [5.41, 5.74) is 3.09. The van der Waals surface area contributed by atoms with Gasteiger partial charge in [0.05, 0.1) is 14.2 Å². The molecule has 1 spiro atoms. The Bertz CT molecular complexity index is 450. The van der Waals surface area contributed by atoms with Gasteiger partial charge in [-0.25, -0.2) is 0 Å². The van der Waals surface area contributed by atoms with Gasteiger partial charge in [-0.05, 0) is 24.5 Å². The van der Waals surface area contributed by atoms with E-state index in [-0.39, 0.29) is 0 Å². The molecule has 1 fully saturated rings. The topological polar surface area (TPSA) is 30.5 Å². The minimum absolute atomic E-state index is 0.315. The van der Waals surface area contributed by atoms with E-state index < -0.39 is 0 Å². The molecule has 2 aliphatic rings. The van der Waals surface area contributed by atoms with Crippen LogP contribution in [0.2, 0.25) is 0 Å². The van der Waals surface area contributed by atoms with Gasteiger partial charge in [0.15, 0.2) is 0 Å². The smallest absolute Gasteiger partial charge is 0.127 e. The average Bonchev–Trinajstić information content (AvgIpc) is 2.87. The number of benzene rings is 1. The van der Waals surface area contributed by atoms with E-state index in [2.05, 4.69) is 11.4 Å². The Balaban J connectivity index is 2.15. The number of nitrogens with one attached hydrogen (secondary N) is 1. The first-order valence-corrected chi connectivity index (χ1v) is 6.75. The molecule has 0 amide bonds. The van der Waals surface area contributed by atoms with Crippen molar-refractivity contribution >= 4 is 0 Å². The number of hydrogen-bond donors (Lipinski definition) is 1. The normalized spacial score (nSPS) is 20.8. The molecule has 0 bridgehead atoms. The second-order valence-corrected chi connectivity index (χ2v) is 5.45. The molecule has 1 heterocycles. The summed E-state index contributed by atoms with van der Waals surface area (Å²) >= 11 is 0. The van der Waals surface area contributed by atoms with Gasteiger partial charge in [-0.3, -0.25) is 0 Å². The first-order valence-electron chi connectivity index (χ1n) is 6.75. The Labute approximate surface area is 108 Å². The van der Waals surface area contributed by atoms with Crippen molar-refractivity contribution in [3.05, 3.63) is 23.3 Å². The zero-order valence-electron chi connectivity index (χ0n) is 11.2. The van der Waals surface area contributed by atoms with Gasteiger partial charge in [0.25, 0.3) is 0 Å². The minimum atomic E-state index is 0.315. The Morgan fingerprint density at radius 1 is 1.11 bits per heavy atom. The van der Waals surface area contributed by atoms with Crippen LogP contribution in [-0.2, 0) is 12.0 Å². The Morgan fingerprint density at radius 2 is 1.89 bits per heavy atom. The predicted molar refractivity (Wildman–Crippen MR) is 71.4 cm³/mol. The van der Waals surface area contributed by atoms with Crippen molar-refractivity contribution < 1.29 is 9.47 Å². The number of hydrogen-bond acceptors (Lipinski definition) is 3. The van der Waals surface area contributed by atoms with Crippen molar-refractivity contribution in [1.29, 1.82) is 0 Å². The van der Waals surface area contributed by atoms with Crippen molar-refractivity contribution in [3.63, 3.8) is 0 Å².